The molecule has 128 valence electrons. The summed E-state index contributed by atoms with van der Waals surface area (Å²) in [5.74, 6) is -0.305. The second-order valence-electron chi connectivity index (χ2n) is 5.14. The van der Waals surface area contributed by atoms with Gasteiger partial charge in [0.25, 0.3) is 5.69 Å². The number of sulfone groups is 1. The fraction of sp³-hybridized carbons (Fsp3) is 0.500. The minimum atomic E-state index is -4.05. The third kappa shape index (κ3) is 3.65. The van der Waals surface area contributed by atoms with Crippen LogP contribution < -0.4 is 0 Å². The van der Waals surface area contributed by atoms with Crippen molar-refractivity contribution in [2.75, 3.05) is 18.1 Å². The Labute approximate surface area is 139 Å². The lowest BCUT2D eigenvalue weighted by atomic mass is 10.3. The zero-order chi connectivity index (χ0) is 17.4. The Morgan fingerprint density at radius 1 is 1.43 bits per heavy atom. The number of nitro benzene ring substituents is 1. The predicted octanol–water partition coefficient (Wildman–Crippen LogP) is 1.45. The number of nitrogens with zero attached hydrogens (tertiary/aromatic N) is 2. The van der Waals surface area contributed by atoms with Crippen LogP contribution in [-0.2, 0) is 19.9 Å². The van der Waals surface area contributed by atoms with Crippen molar-refractivity contribution in [1.29, 1.82) is 0 Å². The lowest BCUT2D eigenvalue weighted by molar-refractivity contribution is -0.384. The molecule has 0 N–H and O–H groups in total. The molecule has 0 aliphatic carbocycles. The van der Waals surface area contributed by atoms with Crippen LogP contribution in [0.4, 0.5) is 5.69 Å². The van der Waals surface area contributed by atoms with Crippen molar-refractivity contribution in [3.8, 4) is 0 Å². The molecule has 1 aromatic carbocycles. The van der Waals surface area contributed by atoms with Crippen LogP contribution in [0.15, 0.2) is 23.1 Å². The summed E-state index contributed by atoms with van der Waals surface area (Å²) in [6, 6.07) is 2.55. The SMILES string of the molecule is CCN(C1CCS(=O)(=O)C1)S(=O)(=O)c1ccc(Cl)c([N+](=O)[O-])c1. The molecule has 0 saturated carbocycles. The van der Waals surface area contributed by atoms with Crippen LogP contribution >= 0.6 is 11.6 Å². The van der Waals surface area contributed by atoms with Crippen LogP contribution in [0.2, 0.25) is 5.02 Å². The second kappa shape index (κ2) is 6.34. The summed E-state index contributed by atoms with van der Waals surface area (Å²) in [4.78, 5) is 9.87. The Morgan fingerprint density at radius 2 is 2.09 bits per heavy atom. The van der Waals surface area contributed by atoms with E-state index in [1.54, 1.807) is 6.92 Å². The predicted molar refractivity (Wildman–Crippen MR) is 84.7 cm³/mol. The molecule has 1 saturated heterocycles. The molecule has 1 aromatic rings. The molecule has 0 aromatic heterocycles. The molecule has 0 bridgehead atoms. The van der Waals surface area contributed by atoms with Gasteiger partial charge in [0, 0.05) is 18.7 Å². The summed E-state index contributed by atoms with van der Waals surface area (Å²) in [5.41, 5.74) is -0.511. The standard InChI is InChI=1S/C12H15ClN2O6S2/c1-2-14(9-5-6-22(18,19)8-9)23(20,21)10-3-4-11(13)12(7-10)15(16)17/h3-4,7,9H,2,5-6,8H2,1H3. The van der Waals surface area contributed by atoms with Gasteiger partial charge < -0.3 is 0 Å². The number of hydrogen-bond acceptors (Lipinski definition) is 6. The molecule has 11 heteroatoms. The van der Waals surface area contributed by atoms with Gasteiger partial charge in [-0.05, 0) is 18.6 Å². The maximum absolute atomic E-state index is 12.7. The first-order chi connectivity index (χ1) is 10.6. The molecular formula is C12H15ClN2O6S2. The van der Waals surface area contributed by atoms with E-state index in [2.05, 4.69) is 0 Å². The quantitative estimate of drug-likeness (QED) is 0.562. The van der Waals surface area contributed by atoms with Gasteiger partial charge in [0.2, 0.25) is 10.0 Å². The first-order valence-electron chi connectivity index (χ1n) is 6.74. The topological polar surface area (TPSA) is 115 Å². The highest BCUT2D eigenvalue weighted by Crippen LogP contribution is 2.30. The van der Waals surface area contributed by atoms with Crippen molar-refractivity contribution >= 4 is 37.1 Å². The fourth-order valence-electron chi connectivity index (χ4n) is 2.56. The highest BCUT2D eigenvalue weighted by Gasteiger charge is 2.38. The van der Waals surface area contributed by atoms with E-state index < -0.39 is 36.5 Å². The van der Waals surface area contributed by atoms with Gasteiger partial charge in [0.05, 0.1) is 21.3 Å². The smallest absolute Gasteiger partial charge is 0.258 e. The molecule has 0 amide bonds. The average molecular weight is 383 g/mol. The van der Waals surface area contributed by atoms with Gasteiger partial charge in [-0.1, -0.05) is 18.5 Å². The average Bonchev–Trinajstić information content (AvgIpc) is 2.79. The Balaban J connectivity index is 2.44. The molecule has 1 heterocycles. The third-order valence-electron chi connectivity index (χ3n) is 3.65. The van der Waals surface area contributed by atoms with Gasteiger partial charge in [-0.25, -0.2) is 16.8 Å². The van der Waals surface area contributed by atoms with Crippen LogP contribution in [0.25, 0.3) is 0 Å². The van der Waals surface area contributed by atoms with Crippen molar-refractivity contribution in [1.82, 2.24) is 4.31 Å². The van der Waals surface area contributed by atoms with Crippen molar-refractivity contribution < 1.29 is 21.8 Å². The van der Waals surface area contributed by atoms with Gasteiger partial charge in [-0.15, -0.1) is 0 Å². The number of nitro groups is 1. The Bertz CT molecular complexity index is 837. The summed E-state index contributed by atoms with van der Waals surface area (Å²) >= 11 is 5.69. The molecule has 1 fully saturated rings. The number of halogens is 1. The molecule has 23 heavy (non-hydrogen) atoms. The molecule has 0 spiro atoms. The third-order valence-corrected chi connectivity index (χ3v) is 7.74. The normalized spacial score (nSPS) is 20.7. The van der Waals surface area contributed by atoms with E-state index in [0.29, 0.717) is 0 Å². The zero-order valence-corrected chi connectivity index (χ0v) is 14.6. The Morgan fingerprint density at radius 3 is 2.57 bits per heavy atom. The van der Waals surface area contributed by atoms with Crippen molar-refractivity contribution in [2.45, 2.75) is 24.3 Å². The number of rotatable bonds is 5. The Hall–Kier alpha value is -1.23. The molecular weight excluding hydrogens is 368 g/mol. The van der Waals surface area contributed by atoms with E-state index in [9.17, 15) is 26.9 Å². The van der Waals surface area contributed by atoms with E-state index in [-0.39, 0.29) is 34.4 Å². The summed E-state index contributed by atoms with van der Waals surface area (Å²) < 4.78 is 49.7. The molecule has 1 unspecified atom stereocenters. The first kappa shape index (κ1) is 18.1. The lowest BCUT2D eigenvalue weighted by Crippen LogP contribution is -2.40. The lowest BCUT2D eigenvalue weighted by Gasteiger charge is -2.25. The van der Waals surface area contributed by atoms with Crippen LogP contribution in [0.5, 0.6) is 0 Å². The molecule has 1 aliphatic rings. The summed E-state index contributed by atoms with van der Waals surface area (Å²) in [5, 5.41) is 10.7. The number of sulfonamides is 1. The van der Waals surface area contributed by atoms with Crippen LogP contribution in [0.3, 0.4) is 0 Å². The minimum absolute atomic E-state index is 0.0650. The van der Waals surface area contributed by atoms with Gasteiger partial charge in [-0.2, -0.15) is 4.31 Å². The molecule has 1 atom stereocenters. The van der Waals surface area contributed by atoms with Gasteiger partial charge in [0.1, 0.15) is 5.02 Å². The minimum Gasteiger partial charge on any atom is -0.258 e. The van der Waals surface area contributed by atoms with Gasteiger partial charge in [-0.3, -0.25) is 10.1 Å². The highest BCUT2D eigenvalue weighted by molar-refractivity contribution is 7.92. The van der Waals surface area contributed by atoms with E-state index >= 15 is 0 Å². The molecule has 0 radical (unpaired) electrons. The van der Waals surface area contributed by atoms with E-state index in [4.69, 9.17) is 11.6 Å². The summed E-state index contributed by atoms with van der Waals surface area (Å²) in [7, 11) is -7.31. The first-order valence-corrected chi connectivity index (χ1v) is 10.4. The highest BCUT2D eigenvalue weighted by atomic mass is 35.5. The molecule has 2 rings (SSSR count). The van der Waals surface area contributed by atoms with E-state index in [1.807, 2.05) is 0 Å². The van der Waals surface area contributed by atoms with Crippen molar-refractivity contribution in [3.63, 3.8) is 0 Å². The van der Waals surface area contributed by atoms with Crippen molar-refractivity contribution in [3.05, 3.63) is 33.3 Å². The van der Waals surface area contributed by atoms with Gasteiger partial charge in [0.15, 0.2) is 9.84 Å². The van der Waals surface area contributed by atoms with Crippen LogP contribution in [0, 0.1) is 10.1 Å². The number of hydrogen-bond donors (Lipinski definition) is 0. The monoisotopic (exact) mass is 382 g/mol. The van der Waals surface area contributed by atoms with Gasteiger partial charge >= 0.3 is 0 Å². The Kier molecular flexibility index (Phi) is 5.00. The molecule has 8 nitrogen and oxygen atoms in total. The molecule has 1 aliphatic heterocycles. The number of benzene rings is 1. The zero-order valence-electron chi connectivity index (χ0n) is 12.2. The maximum atomic E-state index is 12.7. The van der Waals surface area contributed by atoms with Crippen LogP contribution in [-0.4, -0.2) is 50.2 Å². The largest absolute Gasteiger partial charge is 0.289 e. The van der Waals surface area contributed by atoms with E-state index in [1.165, 1.54) is 6.07 Å². The van der Waals surface area contributed by atoms with Crippen molar-refractivity contribution in [2.24, 2.45) is 0 Å². The van der Waals surface area contributed by atoms with E-state index in [0.717, 1.165) is 16.4 Å². The fourth-order valence-corrected chi connectivity index (χ4v) is 6.25. The second-order valence-corrected chi connectivity index (χ2v) is 9.66. The van der Waals surface area contributed by atoms with Crippen LogP contribution in [0.1, 0.15) is 13.3 Å². The summed E-state index contributed by atoms with van der Waals surface area (Å²) in [6.45, 7) is 1.66. The maximum Gasteiger partial charge on any atom is 0.289 e. The summed E-state index contributed by atoms with van der Waals surface area (Å²) in [6.07, 6.45) is 0.213.